The smallest absolute Gasteiger partial charge is 0.360 e. The Bertz CT molecular complexity index is 885. The van der Waals surface area contributed by atoms with Gasteiger partial charge in [0.05, 0.1) is 18.1 Å². The molecule has 0 saturated carbocycles. The SMILES string of the molecule is CC1=C(C(=O)OC2OC(=O)c3ccccc32)N2C(=O)C[C@@H]2N1CC#N. The minimum atomic E-state index is -1.14. The quantitative estimate of drug-likeness (QED) is 0.460. The normalized spacial score (nSPS) is 23.7. The molecule has 0 aliphatic carbocycles. The third-order valence-corrected chi connectivity index (χ3v) is 4.60. The van der Waals surface area contributed by atoms with Crippen LogP contribution in [-0.2, 0) is 19.1 Å². The first-order valence-electron chi connectivity index (χ1n) is 7.70. The molecular weight excluding hydrogens is 326 g/mol. The van der Waals surface area contributed by atoms with Gasteiger partial charge in [-0.15, -0.1) is 0 Å². The van der Waals surface area contributed by atoms with E-state index in [-0.39, 0.29) is 30.7 Å². The van der Waals surface area contributed by atoms with Crippen LogP contribution in [0.2, 0.25) is 0 Å². The van der Waals surface area contributed by atoms with Crippen molar-refractivity contribution in [1.82, 2.24) is 9.80 Å². The van der Waals surface area contributed by atoms with Gasteiger partial charge in [-0.1, -0.05) is 18.2 Å². The van der Waals surface area contributed by atoms with Crippen LogP contribution in [0, 0.1) is 11.3 Å². The summed E-state index contributed by atoms with van der Waals surface area (Å²) in [5.41, 5.74) is 1.41. The molecule has 3 heterocycles. The fourth-order valence-corrected chi connectivity index (χ4v) is 3.36. The second-order valence-corrected chi connectivity index (χ2v) is 5.90. The first kappa shape index (κ1) is 15.2. The van der Waals surface area contributed by atoms with Gasteiger partial charge >= 0.3 is 11.9 Å². The third kappa shape index (κ3) is 2.09. The highest BCUT2D eigenvalue weighted by molar-refractivity contribution is 5.99. The van der Waals surface area contributed by atoms with E-state index in [1.807, 2.05) is 6.07 Å². The van der Waals surface area contributed by atoms with Gasteiger partial charge in [0.15, 0.2) is 5.70 Å². The standard InChI is InChI=1S/C17H13N3O5/c1-9-14(20-12(8-13(20)21)19(9)7-6-18)16(23)25-17-11-5-3-2-4-10(11)15(22)24-17/h2-5,12,17H,7-8H2,1H3/t12-,17?/m1/s1. The molecule has 126 valence electrons. The number of fused-ring (bicyclic) bond motifs is 2. The number of nitriles is 1. The highest BCUT2D eigenvalue weighted by atomic mass is 16.7. The number of amides is 1. The van der Waals surface area contributed by atoms with E-state index in [9.17, 15) is 14.4 Å². The zero-order chi connectivity index (χ0) is 17.7. The van der Waals surface area contributed by atoms with Crippen LogP contribution < -0.4 is 0 Å². The zero-order valence-electron chi connectivity index (χ0n) is 13.3. The predicted molar refractivity (Wildman–Crippen MR) is 81.0 cm³/mol. The summed E-state index contributed by atoms with van der Waals surface area (Å²) >= 11 is 0. The number of nitrogens with zero attached hydrogens (tertiary/aromatic N) is 3. The molecule has 0 radical (unpaired) electrons. The molecule has 1 unspecified atom stereocenters. The Morgan fingerprint density at radius 2 is 2.16 bits per heavy atom. The Balaban J connectivity index is 1.60. The van der Waals surface area contributed by atoms with Crippen molar-refractivity contribution in [3.63, 3.8) is 0 Å². The Morgan fingerprint density at radius 3 is 2.88 bits per heavy atom. The van der Waals surface area contributed by atoms with E-state index in [4.69, 9.17) is 14.7 Å². The summed E-state index contributed by atoms with van der Waals surface area (Å²) in [7, 11) is 0. The number of β-lactam (4-membered cyclic amide) rings is 1. The maximum absolute atomic E-state index is 12.6. The topological polar surface area (TPSA) is 99.9 Å². The lowest BCUT2D eigenvalue weighted by Gasteiger charge is -2.39. The van der Waals surface area contributed by atoms with E-state index in [1.54, 1.807) is 36.1 Å². The number of cyclic esters (lactones) is 1. The molecule has 0 spiro atoms. The van der Waals surface area contributed by atoms with Crippen molar-refractivity contribution in [3.8, 4) is 6.07 Å². The molecule has 4 rings (SSSR count). The first-order chi connectivity index (χ1) is 12.0. The van der Waals surface area contributed by atoms with Gasteiger partial charge in [-0.3, -0.25) is 9.69 Å². The average molecular weight is 339 g/mol. The molecule has 0 aromatic heterocycles. The minimum absolute atomic E-state index is 0.0678. The van der Waals surface area contributed by atoms with Gasteiger partial charge in [0.25, 0.3) is 6.29 Å². The molecule has 0 N–H and O–H groups in total. The summed E-state index contributed by atoms with van der Waals surface area (Å²) in [6, 6.07) is 8.67. The number of hydrogen-bond acceptors (Lipinski definition) is 7. The van der Waals surface area contributed by atoms with Crippen LogP contribution in [0.25, 0.3) is 0 Å². The molecule has 8 nitrogen and oxygen atoms in total. The van der Waals surface area contributed by atoms with E-state index in [0.717, 1.165) is 0 Å². The lowest BCUT2D eigenvalue weighted by atomic mass is 10.1. The molecular formula is C17H13N3O5. The van der Waals surface area contributed by atoms with Crippen LogP contribution in [0.15, 0.2) is 35.7 Å². The van der Waals surface area contributed by atoms with Crippen molar-refractivity contribution in [2.45, 2.75) is 25.8 Å². The Kier molecular flexibility index (Phi) is 3.25. The molecule has 3 aliphatic heterocycles. The summed E-state index contributed by atoms with van der Waals surface area (Å²) in [6.07, 6.45) is -1.22. The number of hydrogen-bond donors (Lipinski definition) is 0. The number of carbonyl (C=O) groups is 3. The molecule has 0 bridgehead atoms. The van der Waals surface area contributed by atoms with E-state index in [1.165, 1.54) is 4.90 Å². The van der Waals surface area contributed by atoms with E-state index < -0.39 is 18.2 Å². The van der Waals surface area contributed by atoms with Crippen molar-refractivity contribution < 1.29 is 23.9 Å². The second kappa shape index (κ2) is 5.34. The number of esters is 2. The van der Waals surface area contributed by atoms with Gasteiger partial charge in [-0.05, 0) is 13.0 Å². The Morgan fingerprint density at radius 1 is 1.40 bits per heavy atom. The van der Waals surface area contributed by atoms with Crippen LogP contribution in [0.3, 0.4) is 0 Å². The highest BCUT2D eigenvalue weighted by Gasteiger charge is 2.51. The summed E-state index contributed by atoms with van der Waals surface area (Å²) in [4.78, 5) is 39.4. The molecule has 1 aromatic carbocycles. The van der Waals surface area contributed by atoms with E-state index in [0.29, 0.717) is 16.8 Å². The van der Waals surface area contributed by atoms with Crippen molar-refractivity contribution in [3.05, 3.63) is 46.8 Å². The van der Waals surface area contributed by atoms with Crippen molar-refractivity contribution >= 4 is 17.8 Å². The predicted octanol–water partition coefficient (Wildman–Crippen LogP) is 1.03. The van der Waals surface area contributed by atoms with Gasteiger partial charge in [0.1, 0.15) is 12.7 Å². The lowest BCUT2D eigenvalue weighted by molar-refractivity contribution is -0.168. The molecule has 1 saturated heterocycles. The first-order valence-corrected chi connectivity index (χ1v) is 7.70. The number of carbonyl (C=O) groups excluding carboxylic acids is 3. The maximum atomic E-state index is 12.6. The number of allylic oxidation sites excluding steroid dienone is 1. The van der Waals surface area contributed by atoms with Crippen LogP contribution in [0.1, 0.15) is 35.6 Å². The molecule has 1 aromatic rings. The molecule has 1 fully saturated rings. The average Bonchev–Trinajstić information content (AvgIpc) is 3.02. The monoisotopic (exact) mass is 339 g/mol. The van der Waals surface area contributed by atoms with Crippen LogP contribution in [0.4, 0.5) is 0 Å². The second-order valence-electron chi connectivity index (χ2n) is 5.90. The largest absolute Gasteiger partial charge is 0.417 e. The molecule has 1 amide bonds. The molecule has 3 aliphatic rings. The van der Waals surface area contributed by atoms with Crippen molar-refractivity contribution in [2.24, 2.45) is 0 Å². The summed E-state index contributed by atoms with van der Waals surface area (Å²) in [6.45, 7) is 1.73. The van der Waals surface area contributed by atoms with Gasteiger partial charge in [0, 0.05) is 11.3 Å². The minimum Gasteiger partial charge on any atom is -0.417 e. The lowest BCUT2D eigenvalue weighted by Crippen LogP contribution is -2.55. The number of ether oxygens (including phenoxy) is 2. The van der Waals surface area contributed by atoms with Crippen LogP contribution in [0.5, 0.6) is 0 Å². The van der Waals surface area contributed by atoms with Gasteiger partial charge in [-0.25, -0.2) is 9.59 Å². The van der Waals surface area contributed by atoms with Gasteiger partial charge < -0.3 is 14.4 Å². The zero-order valence-corrected chi connectivity index (χ0v) is 13.3. The summed E-state index contributed by atoms with van der Waals surface area (Å²) in [5, 5.41) is 8.94. The van der Waals surface area contributed by atoms with Gasteiger partial charge in [0.2, 0.25) is 5.91 Å². The summed E-state index contributed by atoms with van der Waals surface area (Å²) in [5.74, 6) is -1.53. The summed E-state index contributed by atoms with van der Waals surface area (Å²) < 4.78 is 10.5. The van der Waals surface area contributed by atoms with E-state index in [2.05, 4.69) is 0 Å². The van der Waals surface area contributed by atoms with Crippen LogP contribution in [-0.4, -0.2) is 40.4 Å². The number of benzene rings is 1. The van der Waals surface area contributed by atoms with Crippen molar-refractivity contribution in [2.75, 3.05) is 6.54 Å². The van der Waals surface area contributed by atoms with Gasteiger partial charge in [-0.2, -0.15) is 5.26 Å². The third-order valence-electron chi connectivity index (χ3n) is 4.60. The molecule has 8 heteroatoms. The van der Waals surface area contributed by atoms with Crippen LogP contribution >= 0.6 is 0 Å². The maximum Gasteiger partial charge on any atom is 0.360 e. The fraction of sp³-hybridized carbons (Fsp3) is 0.294. The Hall–Kier alpha value is -3.34. The Labute approximate surface area is 142 Å². The highest BCUT2D eigenvalue weighted by Crippen LogP contribution is 2.40. The molecule has 25 heavy (non-hydrogen) atoms. The van der Waals surface area contributed by atoms with E-state index >= 15 is 0 Å². The molecule has 2 atom stereocenters. The van der Waals surface area contributed by atoms with Crippen molar-refractivity contribution in [1.29, 1.82) is 5.26 Å². The fourth-order valence-electron chi connectivity index (χ4n) is 3.36. The number of rotatable bonds is 3.